The molecule has 0 unspecified atom stereocenters. The van der Waals surface area contributed by atoms with Crippen LogP contribution in [0.5, 0.6) is 0 Å². The number of benzene rings is 1. The van der Waals surface area contributed by atoms with Crippen molar-refractivity contribution < 1.29 is 4.79 Å². The summed E-state index contributed by atoms with van der Waals surface area (Å²) in [5.74, 6) is -0.0510. The van der Waals surface area contributed by atoms with Gasteiger partial charge in [-0.2, -0.15) is 0 Å². The molecule has 2 rings (SSSR count). The fraction of sp³-hybridized carbons (Fsp3) is 0.222. The third-order valence-corrected chi connectivity index (χ3v) is 3.02. The van der Waals surface area contributed by atoms with Crippen LogP contribution in [0.3, 0.4) is 0 Å². The van der Waals surface area contributed by atoms with Crippen LogP contribution >= 0.6 is 0 Å². The predicted octanol–water partition coefficient (Wildman–Crippen LogP) is 0.436. The first kappa shape index (κ1) is 9.37. The van der Waals surface area contributed by atoms with Crippen molar-refractivity contribution in [3.8, 4) is 0 Å². The molecule has 72 valence electrons. The topological polar surface area (TPSA) is 54.9 Å². The van der Waals surface area contributed by atoms with Crippen LogP contribution in [-0.2, 0) is 0 Å². The zero-order chi connectivity index (χ0) is 9.97. The van der Waals surface area contributed by atoms with Gasteiger partial charge in [0.25, 0.3) is 0 Å². The van der Waals surface area contributed by atoms with Crippen molar-refractivity contribution in [2.75, 3.05) is 6.54 Å². The Labute approximate surface area is 87.6 Å². The van der Waals surface area contributed by atoms with E-state index in [1.165, 1.54) is 0 Å². The van der Waals surface area contributed by atoms with E-state index in [1.54, 1.807) is 12.1 Å². The molecule has 1 N–H and O–H groups in total. The number of hydrogen-bond acceptors (Lipinski definition) is 3. The molecule has 1 amide bonds. The molecule has 0 radical (unpaired) electrons. The molecule has 0 saturated heterocycles. The molecule has 1 heterocycles. The summed E-state index contributed by atoms with van der Waals surface area (Å²) in [7, 11) is 0. The fourth-order valence-electron chi connectivity index (χ4n) is 1.19. The molecule has 14 heavy (non-hydrogen) atoms. The van der Waals surface area contributed by atoms with Crippen molar-refractivity contribution in [1.82, 2.24) is 13.3 Å². The zero-order valence-electron chi connectivity index (χ0n) is 7.65. The van der Waals surface area contributed by atoms with Gasteiger partial charge in [0.2, 0.25) is 0 Å². The average molecular weight is 254 g/mol. The van der Waals surface area contributed by atoms with Crippen LogP contribution in [-0.4, -0.2) is 35.4 Å². The summed E-state index contributed by atoms with van der Waals surface area (Å²) in [5, 5.41) is 2.75. The Balaban J connectivity index is 2.38. The van der Waals surface area contributed by atoms with Gasteiger partial charge in [0.15, 0.2) is 0 Å². The Morgan fingerprint density at radius 2 is 2.21 bits per heavy atom. The van der Waals surface area contributed by atoms with E-state index in [9.17, 15) is 4.79 Å². The maximum absolute atomic E-state index is 11.5. The second-order valence-electron chi connectivity index (χ2n) is 2.83. The molecule has 1 aromatic heterocycles. The number of fused-ring (bicyclic) bond motifs is 1. The molecule has 0 aliphatic carbocycles. The average Bonchev–Trinajstić information content (AvgIpc) is 2.64. The molecule has 0 bridgehead atoms. The van der Waals surface area contributed by atoms with Crippen molar-refractivity contribution in [2.45, 2.75) is 6.92 Å². The molecule has 0 atom stereocenters. The molecule has 0 aliphatic heterocycles. The van der Waals surface area contributed by atoms with Crippen LogP contribution in [0.15, 0.2) is 18.2 Å². The Kier molecular flexibility index (Phi) is 2.61. The SMILES string of the molecule is CCNC(=O)c1ccc2n[se]nc2c1. The number of nitrogens with one attached hydrogen (secondary N) is 1. The van der Waals surface area contributed by atoms with Gasteiger partial charge in [-0.1, -0.05) is 0 Å². The predicted molar refractivity (Wildman–Crippen MR) is 54.5 cm³/mol. The van der Waals surface area contributed by atoms with E-state index in [0.29, 0.717) is 12.1 Å². The Morgan fingerprint density at radius 1 is 1.43 bits per heavy atom. The van der Waals surface area contributed by atoms with Crippen LogP contribution in [0.2, 0.25) is 0 Å². The van der Waals surface area contributed by atoms with Crippen LogP contribution in [0.4, 0.5) is 0 Å². The van der Waals surface area contributed by atoms with Crippen molar-refractivity contribution in [3.05, 3.63) is 23.8 Å². The number of aromatic nitrogens is 2. The zero-order valence-corrected chi connectivity index (χ0v) is 9.36. The summed E-state index contributed by atoms with van der Waals surface area (Å²) in [4.78, 5) is 11.5. The van der Waals surface area contributed by atoms with Crippen molar-refractivity contribution >= 4 is 31.9 Å². The van der Waals surface area contributed by atoms with Crippen molar-refractivity contribution in [1.29, 1.82) is 0 Å². The number of amides is 1. The molecular weight excluding hydrogens is 245 g/mol. The van der Waals surface area contributed by atoms with E-state index in [-0.39, 0.29) is 20.9 Å². The first-order chi connectivity index (χ1) is 6.81. The van der Waals surface area contributed by atoms with Gasteiger partial charge in [0, 0.05) is 0 Å². The summed E-state index contributed by atoms with van der Waals surface area (Å²) in [6, 6.07) is 5.42. The second-order valence-corrected chi connectivity index (χ2v) is 3.94. The Morgan fingerprint density at radius 3 is 3.00 bits per heavy atom. The van der Waals surface area contributed by atoms with Gasteiger partial charge in [-0.15, -0.1) is 0 Å². The molecule has 1 aromatic carbocycles. The Bertz CT molecular complexity index is 466. The normalized spacial score (nSPS) is 10.4. The molecular formula is C9H9N3OSe. The first-order valence-electron chi connectivity index (χ1n) is 4.32. The van der Waals surface area contributed by atoms with Crippen LogP contribution in [0.25, 0.3) is 11.0 Å². The molecule has 4 nitrogen and oxygen atoms in total. The van der Waals surface area contributed by atoms with E-state index in [1.807, 2.05) is 13.0 Å². The number of hydrogen-bond donors (Lipinski definition) is 1. The van der Waals surface area contributed by atoms with E-state index in [4.69, 9.17) is 0 Å². The summed E-state index contributed by atoms with van der Waals surface area (Å²) >= 11 is -0.0256. The maximum atomic E-state index is 11.5. The summed E-state index contributed by atoms with van der Waals surface area (Å²) < 4.78 is 8.43. The molecule has 0 aliphatic rings. The summed E-state index contributed by atoms with van der Waals surface area (Å²) in [6.45, 7) is 2.54. The third-order valence-electron chi connectivity index (χ3n) is 1.85. The fourth-order valence-corrected chi connectivity index (χ4v) is 2.27. The number of carbonyl (C=O) groups excluding carboxylic acids is 1. The molecule has 2 aromatic rings. The summed E-state index contributed by atoms with van der Waals surface area (Å²) in [5.41, 5.74) is 2.40. The van der Waals surface area contributed by atoms with Crippen LogP contribution in [0, 0.1) is 0 Å². The number of nitrogens with zero attached hydrogens (tertiary/aromatic N) is 2. The molecule has 0 saturated carbocycles. The van der Waals surface area contributed by atoms with Crippen LogP contribution in [0.1, 0.15) is 17.3 Å². The second kappa shape index (κ2) is 3.90. The van der Waals surface area contributed by atoms with Gasteiger partial charge in [-0.3, -0.25) is 0 Å². The molecule has 0 spiro atoms. The first-order valence-corrected chi connectivity index (χ1v) is 5.85. The molecule has 5 heteroatoms. The van der Waals surface area contributed by atoms with Crippen molar-refractivity contribution in [2.24, 2.45) is 0 Å². The standard InChI is InChI=1S/C9H9N3OSe/c1-2-10-9(13)6-3-4-7-8(5-6)12-14-11-7/h3-5H,2H2,1H3,(H,10,13). The van der Waals surface area contributed by atoms with E-state index in [0.717, 1.165) is 11.0 Å². The van der Waals surface area contributed by atoms with E-state index >= 15 is 0 Å². The summed E-state index contributed by atoms with van der Waals surface area (Å²) in [6.07, 6.45) is 0. The van der Waals surface area contributed by atoms with Crippen LogP contribution < -0.4 is 5.32 Å². The third kappa shape index (κ3) is 1.69. The van der Waals surface area contributed by atoms with Gasteiger partial charge >= 0.3 is 87.2 Å². The monoisotopic (exact) mass is 255 g/mol. The van der Waals surface area contributed by atoms with Gasteiger partial charge in [0.1, 0.15) is 0 Å². The Hall–Kier alpha value is -1.19. The van der Waals surface area contributed by atoms with Gasteiger partial charge in [-0.25, -0.2) is 0 Å². The van der Waals surface area contributed by atoms with E-state index in [2.05, 4.69) is 13.3 Å². The van der Waals surface area contributed by atoms with Gasteiger partial charge in [0.05, 0.1) is 0 Å². The molecule has 0 fully saturated rings. The number of carbonyl (C=O) groups is 1. The minimum atomic E-state index is -0.0510. The minimum absolute atomic E-state index is 0.0256. The van der Waals surface area contributed by atoms with E-state index < -0.39 is 0 Å². The van der Waals surface area contributed by atoms with Gasteiger partial charge in [-0.05, 0) is 0 Å². The number of rotatable bonds is 2. The quantitative estimate of drug-likeness (QED) is 0.791. The van der Waals surface area contributed by atoms with Gasteiger partial charge < -0.3 is 0 Å². The van der Waals surface area contributed by atoms with Crippen molar-refractivity contribution in [3.63, 3.8) is 0 Å².